The zero-order valence-electron chi connectivity index (χ0n) is 25.0. The SMILES string of the molecule is Cc1cc([C@@H](C)Nc2ccc(Cl)nc2C(=O)NS(C)(=O)=O)c2nc(N3CCC(c4cc(C)n(C)n4)CC3)n(C)c(=O)c2c1. The Bertz CT molecular complexity index is 1880. The number of piperidine rings is 1. The molecular weight excluding hydrogens is 592 g/mol. The molecule has 2 N–H and O–H groups in total. The zero-order valence-corrected chi connectivity index (χ0v) is 26.5. The van der Waals surface area contributed by atoms with E-state index in [0.29, 0.717) is 22.8 Å². The van der Waals surface area contributed by atoms with E-state index in [1.54, 1.807) is 17.7 Å². The number of carbonyl (C=O) groups is 1. The first-order chi connectivity index (χ1) is 20.2. The quantitative estimate of drug-likeness (QED) is 0.294. The minimum absolute atomic E-state index is 0.0367. The number of benzene rings is 1. The largest absolute Gasteiger partial charge is 0.377 e. The number of sulfonamides is 1. The Morgan fingerprint density at radius 2 is 1.79 bits per heavy atom. The molecule has 12 nitrogen and oxygen atoms in total. The highest BCUT2D eigenvalue weighted by molar-refractivity contribution is 7.89. The maximum absolute atomic E-state index is 13.6. The van der Waals surface area contributed by atoms with Gasteiger partial charge >= 0.3 is 0 Å². The van der Waals surface area contributed by atoms with Crippen LogP contribution in [-0.4, -0.2) is 58.0 Å². The van der Waals surface area contributed by atoms with Crippen molar-refractivity contribution in [3.05, 3.63) is 74.0 Å². The standard InChI is InChI=1S/C29H35ClN8O4S/c1-16-13-20(18(3)31-22-7-8-24(30)32-26(22)27(39)35-43(6,41)42)25-21(14-16)28(40)36(4)29(33-25)38-11-9-19(10-12-38)23-15-17(2)37(5)34-23/h7-8,13-15,18-19,31H,9-12H2,1-6H3,(H,35,39)/t18-/m1/s1. The van der Waals surface area contributed by atoms with Crippen molar-refractivity contribution in [1.29, 1.82) is 0 Å². The molecule has 0 unspecified atom stereocenters. The number of hydrogen-bond donors (Lipinski definition) is 2. The number of aryl methyl sites for hydroxylation is 3. The van der Waals surface area contributed by atoms with Gasteiger partial charge in [0.25, 0.3) is 11.5 Å². The van der Waals surface area contributed by atoms with Gasteiger partial charge in [-0.25, -0.2) is 23.1 Å². The van der Waals surface area contributed by atoms with Crippen LogP contribution < -0.4 is 20.5 Å². The van der Waals surface area contributed by atoms with Crippen LogP contribution in [0, 0.1) is 13.8 Å². The maximum Gasteiger partial charge on any atom is 0.285 e. The predicted octanol–water partition coefficient (Wildman–Crippen LogP) is 3.58. The lowest BCUT2D eigenvalue weighted by Gasteiger charge is -2.33. The summed E-state index contributed by atoms with van der Waals surface area (Å²) >= 11 is 6.04. The lowest BCUT2D eigenvalue weighted by molar-refractivity contribution is 0.0977. The van der Waals surface area contributed by atoms with E-state index in [0.717, 1.165) is 54.7 Å². The Hall–Kier alpha value is -3.97. The number of hydrogen-bond acceptors (Lipinski definition) is 9. The van der Waals surface area contributed by atoms with Gasteiger partial charge in [-0.15, -0.1) is 0 Å². The van der Waals surface area contributed by atoms with Gasteiger partial charge in [-0.1, -0.05) is 17.7 Å². The number of nitrogens with one attached hydrogen (secondary N) is 2. The van der Waals surface area contributed by atoms with Crippen LogP contribution in [0.15, 0.2) is 35.1 Å². The Labute approximate surface area is 255 Å². The first kappa shape index (κ1) is 30.5. The molecule has 1 atom stereocenters. The molecule has 0 spiro atoms. The number of nitrogens with zero attached hydrogens (tertiary/aromatic N) is 6. The molecule has 1 aliphatic rings. The number of fused-ring (bicyclic) bond motifs is 1. The van der Waals surface area contributed by atoms with E-state index in [2.05, 4.69) is 26.4 Å². The molecule has 5 rings (SSSR count). The molecule has 3 aromatic heterocycles. The third-order valence-corrected chi connectivity index (χ3v) is 8.62. The van der Waals surface area contributed by atoms with Crippen LogP contribution in [0.3, 0.4) is 0 Å². The molecule has 1 fully saturated rings. The van der Waals surface area contributed by atoms with Gasteiger partial charge in [0.1, 0.15) is 5.15 Å². The van der Waals surface area contributed by atoms with Gasteiger partial charge in [0, 0.05) is 44.4 Å². The highest BCUT2D eigenvalue weighted by atomic mass is 35.5. The van der Waals surface area contributed by atoms with Crippen LogP contribution in [0.1, 0.15) is 64.7 Å². The van der Waals surface area contributed by atoms with Crippen molar-refractivity contribution in [2.75, 3.05) is 29.6 Å². The van der Waals surface area contributed by atoms with Crippen molar-refractivity contribution in [2.45, 2.75) is 45.6 Å². The van der Waals surface area contributed by atoms with Crippen molar-refractivity contribution in [2.24, 2.45) is 14.1 Å². The van der Waals surface area contributed by atoms with Crippen LogP contribution in [0.5, 0.6) is 0 Å². The summed E-state index contributed by atoms with van der Waals surface area (Å²) in [5, 5.41) is 8.45. The summed E-state index contributed by atoms with van der Waals surface area (Å²) < 4.78 is 28.8. The van der Waals surface area contributed by atoms with Crippen molar-refractivity contribution < 1.29 is 13.2 Å². The van der Waals surface area contributed by atoms with Crippen molar-refractivity contribution in [3.8, 4) is 0 Å². The average molecular weight is 627 g/mol. The highest BCUT2D eigenvalue weighted by Crippen LogP contribution is 2.32. The summed E-state index contributed by atoms with van der Waals surface area (Å²) in [5.41, 5.74) is 4.35. The molecule has 0 radical (unpaired) electrons. The summed E-state index contributed by atoms with van der Waals surface area (Å²) in [7, 11) is -0.132. The summed E-state index contributed by atoms with van der Waals surface area (Å²) in [6.07, 6.45) is 2.67. The number of carbonyl (C=O) groups excluding carboxylic acids is 1. The second kappa shape index (κ2) is 11.6. The lowest BCUT2D eigenvalue weighted by atomic mass is 9.93. The molecular formula is C29H35ClN8O4S. The van der Waals surface area contributed by atoms with Crippen LogP contribution in [0.25, 0.3) is 10.9 Å². The third kappa shape index (κ3) is 6.37. The normalized spacial score (nSPS) is 15.1. The summed E-state index contributed by atoms with van der Waals surface area (Å²) in [5.74, 6) is 0.0253. The molecule has 228 valence electrons. The molecule has 0 aliphatic carbocycles. The highest BCUT2D eigenvalue weighted by Gasteiger charge is 2.27. The molecule has 43 heavy (non-hydrogen) atoms. The van der Waals surface area contributed by atoms with Crippen LogP contribution in [0.2, 0.25) is 5.15 Å². The summed E-state index contributed by atoms with van der Waals surface area (Å²) in [6, 6.07) is 8.54. The van der Waals surface area contributed by atoms with E-state index in [4.69, 9.17) is 16.6 Å². The van der Waals surface area contributed by atoms with Crippen LogP contribution in [0.4, 0.5) is 11.6 Å². The molecule has 4 heterocycles. The third-order valence-electron chi connectivity index (χ3n) is 7.85. The van der Waals surface area contributed by atoms with Crippen molar-refractivity contribution in [1.82, 2.24) is 29.0 Å². The predicted molar refractivity (Wildman–Crippen MR) is 167 cm³/mol. The summed E-state index contributed by atoms with van der Waals surface area (Å²) in [6.45, 7) is 7.29. The van der Waals surface area contributed by atoms with E-state index in [-0.39, 0.29) is 22.1 Å². The molecule has 14 heteroatoms. The van der Waals surface area contributed by atoms with E-state index in [1.807, 2.05) is 49.4 Å². The second-order valence-corrected chi connectivity index (χ2v) is 13.4. The smallest absolute Gasteiger partial charge is 0.285 e. The fraction of sp³-hybridized carbons (Fsp3) is 0.414. The first-order valence-electron chi connectivity index (χ1n) is 13.9. The molecule has 4 aromatic rings. The number of anilines is 2. The monoisotopic (exact) mass is 626 g/mol. The van der Waals surface area contributed by atoms with Crippen LogP contribution in [-0.2, 0) is 24.1 Å². The summed E-state index contributed by atoms with van der Waals surface area (Å²) in [4.78, 5) is 37.6. The zero-order chi connectivity index (χ0) is 31.2. The van der Waals surface area contributed by atoms with E-state index >= 15 is 0 Å². The van der Waals surface area contributed by atoms with Gasteiger partial charge in [-0.05, 0) is 63.4 Å². The van der Waals surface area contributed by atoms with Gasteiger partial charge < -0.3 is 10.2 Å². The molecule has 0 bridgehead atoms. The minimum Gasteiger partial charge on any atom is -0.377 e. The number of pyridine rings is 1. The Kier molecular flexibility index (Phi) is 8.23. The number of amides is 1. The fourth-order valence-electron chi connectivity index (χ4n) is 5.57. The molecule has 1 saturated heterocycles. The van der Waals surface area contributed by atoms with Crippen molar-refractivity contribution in [3.63, 3.8) is 0 Å². The topological polar surface area (TPSA) is 144 Å². The first-order valence-corrected chi connectivity index (χ1v) is 16.2. The van der Waals surface area contributed by atoms with E-state index in [9.17, 15) is 18.0 Å². The maximum atomic E-state index is 13.6. The lowest BCUT2D eigenvalue weighted by Crippen LogP contribution is -2.38. The van der Waals surface area contributed by atoms with Gasteiger partial charge in [-0.3, -0.25) is 18.8 Å². The van der Waals surface area contributed by atoms with Gasteiger partial charge in [0.15, 0.2) is 5.69 Å². The van der Waals surface area contributed by atoms with Gasteiger partial charge in [-0.2, -0.15) is 5.10 Å². The van der Waals surface area contributed by atoms with Gasteiger partial charge in [0.2, 0.25) is 16.0 Å². The molecule has 1 amide bonds. The molecule has 1 aliphatic heterocycles. The fourth-order valence-corrected chi connectivity index (χ4v) is 6.15. The Morgan fingerprint density at radius 1 is 1.09 bits per heavy atom. The average Bonchev–Trinajstić information content (AvgIpc) is 3.28. The van der Waals surface area contributed by atoms with Crippen LogP contribution >= 0.6 is 11.6 Å². The molecule has 1 aromatic carbocycles. The number of rotatable bonds is 7. The Balaban J connectivity index is 1.48. The second-order valence-electron chi connectivity index (χ2n) is 11.2. The van der Waals surface area contributed by atoms with Crippen molar-refractivity contribution >= 4 is 50.1 Å². The Morgan fingerprint density at radius 3 is 2.42 bits per heavy atom. The van der Waals surface area contributed by atoms with E-state index in [1.165, 1.54) is 6.07 Å². The van der Waals surface area contributed by atoms with E-state index < -0.39 is 22.0 Å². The minimum atomic E-state index is -3.83. The number of aromatic nitrogens is 5. The molecule has 0 saturated carbocycles. The van der Waals surface area contributed by atoms with Gasteiger partial charge in [0.05, 0.1) is 34.6 Å². The number of halogens is 1.